The smallest absolute Gasteiger partial charge is 0.115 e. The van der Waals surface area contributed by atoms with Crippen LogP contribution in [0.4, 0.5) is 0 Å². The number of hydrogen-bond donors (Lipinski definition) is 3. The number of nitrogens with two attached hydrogens (primary N) is 2. The van der Waals surface area contributed by atoms with Crippen LogP contribution in [-0.2, 0) is 11.8 Å². The van der Waals surface area contributed by atoms with E-state index in [0.717, 1.165) is 12.2 Å². The fourth-order valence-corrected chi connectivity index (χ4v) is 4.00. The topological polar surface area (TPSA) is 72.3 Å². The van der Waals surface area contributed by atoms with Gasteiger partial charge in [0.2, 0.25) is 0 Å². The van der Waals surface area contributed by atoms with Crippen LogP contribution in [0.15, 0.2) is 18.2 Å². The predicted molar refractivity (Wildman–Crippen MR) is 78.1 cm³/mol. The van der Waals surface area contributed by atoms with E-state index in [-0.39, 0.29) is 11.5 Å². The maximum atomic E-state index is 9.65. The van der Waals surface area contributed by atoms with Gasteiger partial charge in [-0.25, -0.2) is 0 Å². The summed E-state index contributed by atoms with van der Waals surface area (Å²) in [5, 5.41) is 10.1. The number of rotatable bonds is 3. The van der Waals surface area contributed by atoms with Gasteiger partial charge in [0.05, 0.1) is 0 Å². The molecule has 18 heavy (non-hydrogen) atoms. The first-order chi connectivity index (χ1) is 8.46. The van der Waals surface area contributed by atoms with E-state index in [0.29, 0.717) is 17.5 Å². The molecule has 5 N–H and O–H groups in total. The Labute approximate surface area is 113 Å². The lowest BCUT2D eigenvalue weighted by molar-refractivity contribution is 0.369. The van der Waals surface area contributed by atoms with Gasteiger partial charge >= 0.3 is 0 Å². The van der Waals surface area contributed by atoms with Gasteiger partial charge in [0, 0.05) is 29.0 Å². The van der Waals surface area contributed by atoms with Crippen molar-refractivity contribution in [2.75, 3.05) is 12.3 Å². The van der Waals surface area contributed by atoms with E-state index in [1.54, 1.807) is 6.07 Å². The quantitative estimate of drug-likeness (QED) is 0.777. The van der Waals surface area contributed by atoms with Crippen molar-refractivity contribution in [3.05, 3.63) is 29.3 Å². The normalized spacial score (nSPS) is 25.8. The zero-order valence-corrected chi connectivity index (χ0v) is 11.8. The maximum absolute atomic E-state index is 9.65. The Kier molecular flexibility index (Phi) is 3.90. The molecule has 0 heterocycles. The Balaban J connectivity index is 2.34. The summed E-state index contributed by atoms with van der Waals surface area (Å²) >= 11 is 1.86. The van der Waals surface area contributed by atoms with Crippen LogP contribution < -0.4 is 11.5 Å². The van der Waals surface area contributed by atoms with Crippen molar-refractivity contribution in [3.8, 4) is 5.75 Å². The van der Waals surface area contributed by atoms with E-state index >= 15 is 0 Å². The van der Waals surface area contributed by atoms with Crippen molar-refractivity contribution in [3.63, 3.8) is 0 Å². The molecule has 1 aromatic rings. The highest BCUT2D eigenvalue weighted by molar-refractivity contribution is 8.00. The van der Waals surface area contributed by atoms with E-state index in [1.165, 1.54) is 11.1 Å². The number of thioether (sulfide) groups is 1. The lowest BCUT2D eigenvalue weighted by atomic mass is 9.69. The second-order valence-electron chi connectivity index (χ2n) is 5.49. The molecule has 2 unspecified atom stereocenters. The summed E-state index contributed by atoms with van der Waals surface area (Å²) in [4.78, 5) is 0. The number of hydrogen-bond acceptors (Lipinski definition) is 4. The molecule has 1 aliphatic carbocycles. The van der Waals surface area contributed by atoms with E-state index in [1.807, 2.05) is 23.9 Å². The van der Waals surface area contributed by atoms with Crippen LogP contribution in [0.5, 0.6) is 5.75 Å². The van der Waals surface area contributed by atoms with Crippen LogP contribution in [-0.4, -0.2) is 28.7 Å². The molecular weight excluding hydrogens is 244 g/mol. The molecule has 100 valence electrons. The summed E-state index contributed by atoms with van der Waals surface area (Å²) in [6.07, 6.45) is 0.963. The van der Waals surface area contributed by atoms with Crippen LogP contribution in [0.1, 0.15) is 25.0 Å². The van der Waals surface area contributed by atoms with Crippen molar-refractivity contribution >= 4 is 11.8 Å². The minimum Gasteiger partial charge on any atom is -0.508 e. The van der Waals surface area contributed by atoms with Gasteiger partial charge in [-0.1, -0.05) is 19.9 Å². The highest BCUT2D eigenvalue weighted by Gasteiger charge is 2.40. The number of fused-ring (bicyclic) bond motifs is 1. The van der Waals surface area contributed by atoms with Crippen LogP contribution in [0.2, 0.25) is 0 Å². The van der Waals surface area contributed by atoms with Crippen LogP contribution >= 0.6 is 11.8 Å². The first kappa shape index (κ1) is 13.7. The van der Waals surface area contributed by atoms with Crippen LogP contribution in [0.3, 0.4) is 0 Å². The fourth-order valence-electron chi connectivity index (χ4n) is 2.71. The molecule has 1 aliphatic rings. The van der Waals surface area contributed by atoms with Crippen molar-refractivity contribution in [2.45, 2.75) is 37.0 Å². The first-order valence-corrected chi connectivity index (χ1v) is 7.41. The highest BCUT2D eigenvalue weighted by atomic mass is 32.2. The van der Waals surface area contributed by atoms with Crippen LogP contribution in [0.25, 0.3) is 0 Å². The van der Waals surface area contributed by atoms with Crippen molar-refractivity contribution < 1.29 is 5.11 Å². The lowest BCUT2D eigenvalue weighted by Gasteiger charge is -2.43. The highest BCUT2D eigenvalue weighted by Crippen LogP contribution is 2.41. The van der Waals surface area contributed by atoms with Gasteiger partial charge in [-0.3, -0.25) is 0 Å². The maximum Gasteiger partial charge on any atom is 0.115 e. The Hall–Kier alpha value is -0.710. The molecule has 4 heteroatoms. The summed E-state index contributed by atoms with van der Waals surface area (Å²) in [6.45, 7) is 5.01. The largest absolute Gasteiger partial charge is 0.508 e. The Bertz CT molecular complexity index is 434. The molecule has 2 atom stereocenters. The zero-order chi connectivity index (χ0) is 13.3. The van der Waals surface area contributed by atoms with Gasteiger partial charge in [0.1, 0.15) is 5.75 Å². The standard InChI is InChI=1S/C14H22N2OS/c1-14(2)11-8-10(17)4-3-9(11)7-12(13(14)16)18-6-5-15/h3-4,8,12-13,17H,5-7,15-16H2,1-2H3. The van der Waals surface area contributed by atoms with E-state index in [4.69, 9.17) is 11.5 Å². The molecule has 1 aromatic carbocycles. The molecular formula is C14H22N2OS. The molecule has 0 saturated carbocycles. The summed E-state index contributed by atoms with van der Waals surface area (Å²) in [6, 6.07) is 5.73. The Morgan fingerprint density at radius 3 is 2.83 bits per heavy atom. The summed E-state index contributed by atoms with van der Waals surface area (Å²) in [5.74, 6) is 1.27. The number of phenols is 1. The van der Waals surface area contributed by atoms with Gasteiger partial charge < -0.3 is 16.6 Å². The molecule has 3 nitrogen and oxygen atoms in total. The number of benzene rings is 1. The Morgan fingerprint density at radius 2 is 2.17 bits per heavy atom. The third kappa shape index (κ3) is 2.37. The lowest BCUT2D eigenvalue weighted by Crippen LogP contribution is -2.52. The van der Waals surface area contributed by atoms with Gasteiger partial charge in [0.25, 0.3) is 0 Å². The van der Waals surface area contributed by atoms with E-state index < -0.39 is 0 Å². The molecule has 0 saturated heterocycles. The third-order valence-corrected chi connectivity index (χ3v) is 5.25. The summed E-state index contributed by atoms with van der Waals surface area (Å²) in [5.41, 5.74) is 14.4. The number of aromatic hydroxyl groups is 1. The summed E-state index contributed by atoms with van der Waals surface area (Å²) in [7, 11) is 0. The average molecular weight is 266 g/mol. The Morgan fingerprint density at radius 1 is 1.44 bits per heavy atom. The fraction of sp³-hybridized carbons (Fsp3) is 0.571. The van der Waals surface area contributed by atoms with E-state index in [2.05, 4.69) is 13.8 Å². The molecule has 0 amide bonds. The molecule has 0 aromatic heterocycles. The molecule has 0 aliphatic heterocycles. The first-order valence-electron chi connectivity index (χ1n) is 6.36. The molecule has 0 bridgehead atoms. The van der Waals surface area contributed by atoms with Gasteiger partial charge in [-0.2, -0.15) is 11.8 Å². The van der Waals surface area contributed by atoms with Gasteiger partial charge in [0.15, 0.2) is 0 Å². The van der Waals surface area contributed by atoms with E-state index in [9.17, 15) is 5.11 Å². The monoisotopic (exact) mass is 266 g/mol. The zero-order valence-electron chi connectivity index (χ0n) is 11.0. The van der Waals surface area contributed by atoms with Crippen molar-refractivity contribution in [1.29, 1.82) is 0 Å². The van der Waals surface area contributed by atoms with Crippen molar-refractivity contribution in [2.24, 2.45) is 11.5 Å². The van der Waals surface area contributed by atoms with Crippen LogP contribution in [0, 0.1) is 0 Å². The predicted octanol–water partition coefficient (Wildman–Crippen LogP) is 1.61. The van der Waals surface area contributed by atoms with Gasteiger partial charge in [-0.15, -0.1) is 0 Å². The second kappa shape index (κ2) is 5.11. The second-order valence-corrected chi connectivity index (χ2v) is 6.84. The van der Waals surface area contributed by atoms with Gasteiger partial charge in [-0.05, 0) is 29.7 Å². The third-order valence-electron chi connectivity index (χ3n) is 3.89. The minimum atomic E-state index is -0.113. The summed E-state index contributed by atoms with van der Waals surface area (Å²) < 4.78 is 0. The van der Waals surface area contributed by atoms with Crippen molar-refractivity contribution in [1.82, 2.24) is 0 Å². The average Bonchev–Trinajstić information content (AvgIpc) is 2.33. The number of phenolic OH excluding ortho intramolecular Hbond substituents is 1. The molecule has 0 radical (unpaired) electrons. The molecule has 0 fully saturated rings. The SMILES string of the molecule is CC1(C)c2cc(O)ccc2CC(SCCN)C1N. The molecule has 2 rings (SSSR count). The minimum absolute atomic E-state index is 0.0864. The molecule has 0 spiro atoms.